The first-order chi connectivity index (χ1) is 13.5. The smallest absolute Gasteiger partial charge is 0.260 e. The van der Waals surface area contributed by atoms with E-state index in [2.05, 4.69) is 30.9 Å². The maximum atomic E-state index is 12.5. The van der Waals surface area contributed by atoms with E-state index in [-0.39, 0.29) is 12.5 Å². The molecule has 1 amide bonds. The van der Waals surface area contributed by atoms with Gasteiger partial charge in [0.25, 0.3) is 5.91 Å². The van der Waals surface area contributed by atoms with Gasteiger partial charge in [-0.05, 0) is 49.6 Å². The highest BCUT2D eigenvalue weighted by atomic mass is 32.1. The highest BCUT2D eigenvalue weighted by Gasteiger charge is 2.23. The van der Waals surface area contributed by atoms with Crippen LogP contribution in [-0.2, 0) is 4.79 Å². The summed E-state index contributed by atoms with van der Waals surface area (Å²) in [5, 5.41) is 1.05. The molecule has 1 aromatic heterocycles. The number of aryl methyl sites for hydroxylation is 3. The van der Waals surface area contributed by atoms with Crippen molar-refractivity contribution < 1.29 is 9.53 Å². The van der Waals surface area contributed by atoms with Gasteiger partial charge >= 0.3 is 0 Å². The number of carbonyl (C=O) groups is 1. The van der Waals surface area contributed by atoms with Gasteiger partial charge in [0.15, 0.2) is 11.7 Å². The first-order valence-electron chi connectivity index (χ1n) is 9.60. The van der Waals surface area contributed by atoms with Gasteiger partial charge in [0.1, 0.15) is 5.75 Å². The number of aromatic nitrogens is 1. The predicted octanol–water partition coefficient (Wildman–Crippen LogP) is 3.95. The van der Waals surface area contributed by atoms with E-state index in [1.807, 2.05) is 36.1 Å². The minimum Gasteiger partial charge on any atom is -0.484 e. The summed E-state index contributed by atoms with van der Waals surface area (Å²) < 4.78 is 6.95. The maximum Gasteiger partial charge on any atom is 0.260 e. The summed E-state index contributed by atoms with van der Waals surface area (Å²) in [7, 11) is 0. The SMILES string of the molecule is Cc1cc(C)c2nc(N3CCN(C(=O)COc4ccccc4C)CC3)sc2c1. The number of thiazole rings is 1. The number of amides is 1. The molecule has 0 atom stereocenters. The third kappa shape index (κ3) is 3.83. The molecule has 28 heavy (non-hydrogen) atoms. The Hall–Kier alpha value is -2.60. The minimum atomic E-state index is 0.0404. The lowest BCUT2D eigenvalue weighted by Gasteiger charge is -2.34. The van der Waals surface area contributed by atoms with E-state index < -0.39 is 0 Å². The Morgan fingerprint density at radius 1 is 1.07 bits per heavy atom. The molecule has 3 aromatic rings. The van der Waals surface area contributed by atoms with Gasteiger partial charge in [0.05, 0.1) is 10.2 Å². The van der Waals surface area contributed by atoms with Crippen LogP contribution in [0.2, 0.25) is 0 Å². The zero-order valence-corrected chi connectivity index (χ0v) is 17.4. The number of para-hydroxylation sites is 1. The Morgan fingerprint density at radius 3 is 2.57 bits per heavy atom. The van der Waals surface area contributed by atoms with Gasteiger partial charge in [-0.2, -0.15) is 0 Å². The van der Waals surface area contributed by atoms with Gasteiger partial charge in [-0.3, -0.25) is 4.79 Å². The topological polar surface area (TPSA) is 45.7 Å². The van der Waals surface area contributed by atoms with E-state index in [0.29, 0.717) is 13.1 Å². The maximum absolute atomic E-state index is 12.5. The molecule has 4 rings (SSSR count). The summed E-state index contributed by atoms with van der Waals surface area (Å²) in [6.07, 6.45) is 0. The van der Waals surface area contributed by atoms with Crippen LogP contribution in [0.3, 0.4) is 0 Å². The number of nitrogens with zero attached hydrogens (tertiary/aromatic N) is 3. The lowest BCUT2D eigenvalue weighted by atomic mass is 10.1. The van der Waals surface area contributed by atoms with E-state index in [0.717, 1.165) is 35.1 Å². The average Bonchev–Trinajstić information content (AvgIpc) is 3.11. The molecule has 146 valence electrons. The van der Waals surface area contributed by atoms with Crippen LogP contribution in [0.5, 0.6) is 5.75 Å². The molecule has 0 radical (unpaired) electrons. The van der Waals surface area contributed by atoms with Crippen molar-refractivity contribution in [2.45, 2.75) is 20.8 Å². The van der Waals surface area contributed by atoms with Gasteiger partial charge in [-0.15, -0.1) is 0 Å². The standard InChI is InChI=1S/C22H25N3O2S/c1-15-12-17(3)21-19(13-15)28-22(23-21)25-10-8-24(9-11-25)20(26)14-27-18-7-5-4-6-16(18)2/h4-7,12-13H,8-11,14H2,1-3H3. The summed E-state index contributed by atoms with van der Waals surface area (Å²) >= 11 is 1.74. The molecule has 5 nitrogen and oxygen atoms in total. The number of hydrogen-bond donors (Lipinski definition) is 0. The molecule has 0 aliphatic carbocycles. The minimum absolute atomic E-state index is 0.0404. The molecule has 0 unspecified atom stereocenters. The zero-order valence-electron chi connectivity index (χ0n) is 16.6. The molecule has 2 aromatic carbocycles. The van der Waals surface area contributed by atoms with Crippen molar-refractivity contribution in [2.75, 3.05) is 37.7 Å². The van der Waals surface area contributed by atoms with Crippen molar-refractivity contribution in [2.24, 2.45) is 0 Å². The van der Waals surface area contributed by atoms with Gasteiger partial charge in [-0.25, -0.2) is 4.98 Å². The molecular weight excluding hydrogens is 370 g/mol. The van der Waals surface area contributed by atoms with Crippen LogP contribution in [-0.4, -0.2) is 48.6 Å². The number of piperazine rings is 1. The van der Waals surface area contributed by atoms with Gasteiger partial charge in [-0.1, -0.05) is 35.6 Å². The monoisotopic (exact) mass is 395 g/mol. The van der Waals surface area contributed by atoms with Crippen molar-refractivity contribution in [3.05, 3.63) is 53.1 Å². The summed E-state index contributed by atoms with van der Waals surface area (Å²) in [5.41, 5.74) is 4.63. The van der Waals surface area contributed by atoms with Gasteiger partial charge in [0, 0.05) is 26.2 Å². The number of ether oxygens (including phenoxy) is 1. The lowest BCUT2D eigenvalue weighted by molar-refractivity contribution is -0.133. The van der Waals surface area contributed by atoms with Crippen LogP contribution >= 0.6 is 11.3 Å². The number of rotatable bonds is 4. The second-order valence-corrected chi connectivity index (χ2v) is 8.36. The Labute approximate surface area is 169 Å². The highest BCUT2D eigenvalue weighted by Crippen LogP contribution is 2.32. The van der Waals surface area contributed by atoms with Crippen LogP contribution in [0.4, 0.5) is 5.13 Å². The molecule has 0 N–H and O–H groups in total. The Bertz CT molecular complexity index is 1010. The highest BCUT2D eigenvalue weighted by molar-refractivity contribution is 7.22. The molecule has 6 heteroatoms. The Kier molecular flexibility index (Phi) is 5.22. The Morgan fingerprint density at radius 2 is 1.82 bits per heavy atom. The van der Waals surface area contributed by atoms with Crippen molar-refractivity contribution in [1.82, 2.24) is 9.88 Å². The quantitative estimate of drug-likeness (QED) is 0.671. The third-order valence-corrected chi connectivity index (χ3v) is 6.23. The average molecular weight is 396 g/mol. The molecule has 2 heterocycles. The van der Waals surface area contributed by atoms with Crippen molar-refractivity contribution in [1.29, 1.82) is 0 Å². The fraction of sp³-hybridized carbons (Fsp3) is 0.364. The fourth-order valence-corrected chi connectivity index (χ4v) is 4.78. The van der Waals surface area contributed by atoms with Crippen molar-refractivity contribution in [3.8, 4) is 5.75 Å². The molecule has 0 saturated carbocycles. The van der Waals surface area contributed by atoms with Gasteiger partial charge in [0.2, 0.25) is 0 Å². The van der Waals surface area contributed by atoms with Crippen molar-refractivity contribution in [3.63, 3.8) is 0 Å². The van der Waals surface area contributed by atoms with Crippen LogP contribution in [0.25, 0.3) is 10.2 Å². The summed E-state index contributed by atoms with van der Waals surface area (Å²) in [4.78, 5) is 21.5. The molecule has 1 fully saturated rings. The van der Waals surface area contributed by atoms with E-state index in [1.165, 1.54) is 15.8 Å². The summed E-state index contributed by atoms with van der Waals surface area (Å²) in [6.45, 7) is 9.30. The Balaban J connectivity index is 1.36. The number of fused-ring (bicyclic) bond motifs is 1. The van der Waals surface area contributed by atoms with E-state index in [1.54, 1.807) is 11.3 Å². The number of anilines is 1. The first kappa shape index (κ1) is 18.7. The van der Waals surface area contributed by atoms with Crippen LogP contribution < -0.4 is 9.64 Å². The summed E-state index contributed by atoms with van der Waals surface area (Å²) in [6, 6.07) is 12.2. The van der Waals surface area contributed by atoms with Crippen molar-refractivity contribution >= 4 is 32.6 Å². The molecule has 1 aliphatic heterocycles. The van der Waals surface area contributed by atoms with E-state index >= 15 is 0 Å². The lowest BCUT2D eigenvalue weighted by Crippen LogP contribution is -2.50. The van der Waals surface area contributed by atoms with Crippen LogP contribution in [0, 0.1) is 20.8 Å². The number of hydrogen-bond acceptors (Lipinski definition) is 5. The fourth-order valence-electron chi connectivity index (χ4n) is 3.59. The van der Waals surface area contributed by atoms with Crippen LogP contribution in [0.15, 0.2) is 36.4 Å². The molecule has 1 saturated heterocycles. The number of benzene rings is 2. The second-order valence-electron chi connectivity index (χ2n) is 7.35. The van der Waals surface area contributed by atoms with E-state index in [9.17, 15) is 4.79 Å². The molecule has 0 bridgehead atoms. The van der Waals surface area contributed by atoms with E-state index in [4.69, 9.17) is 9.72 Å². The predicted molar refractivity (Wildman–Crippen MR) is 115 cm³/mol. The van der Waals surface area contributed by atoms with Gasteiger partial charge < -0.3 is 14.5 Å². The second kappa shape index (κ2) is 7.80. The molecular formula is C22H25N3O2S. The summed E-state index contributed by atoms with van der Waals surface area (Å²) in [5.74, 6) is 0.813. The first-order valence-corrected chi connectivity index (χ1v) is 10.4. The molecule has 1 aliphatic rings. The molecule has 0 spiro atoms. The normalized spacial score (nSPS) is 14.5. The zero-order chi connectivity index (χ0) is 19.7. The third-order valence-electron chi connectivity index (χ3n) is 5.17. The van der Waals surface area contributed by atoms with Crippen LogP contribution in [0.1, 0.15) is 16.7 Å². The largest absolute Gasteiger partial charge is 0.484 e. The number of carbonyl (C=O) groups excluding carboxylic acids is 1.